The number of hydrogen-bond acceptors (Lipinski definition) is 0. The fraction of sp³-hybridized carbons (Fsp3) is 0.118. The Balaban J connectivity index is 0.000000333. The standard InChI is InChI=1S/C24H20P.C10H16P.ClH.HI/c1-5-13-21(14-6-1)25(22-15-7-2-8-16-22,23-17-9-3-10-18-23)24-19-11-4-12-20-24;1-11(2,3)9-10-7-5-4-6-8-10;;/h1-20H;4-8H,9H2,1-3H3;2*1H/q2*+1;;/p-2. The van der Waals surface area contributed by atoms with E-state index < -0.39 is 14.5 Å². The van der Waals surface area contributed by atoms with Gasteiger partial charge >= 0.3 is 0 Å². The van der Waals surface area contributed by atoms with E-state index in [1.807, 2.05) is 0 Å². The first-order valence-corrected chi connectivity index (χ1v) is 17.6. The molecule has 0 unspecified atom stereocenters. The fourth-order valence-corrected chi connectivity index (χ4v) is 10.2. The zero-order chi connectivity index (χ0) is 25.3. The maximum atomic E-state index is 2.38. The van der Waals surface area contributed by atoms with Gasteiger partial charge in [0.05, 0.1) is 6.16 Å². The van der Waals surface area contributed by atoms with Crippen molar-refractivity contribution in [2.75, 3.05) is 20.0 Å². The first-order valence-electron chi connectivity index (χ1n) is 12.5. The largest absolute Gasteiger partial charge is 1.00 e. The van der Waals surface area contributed by atoms with E-state index in [9.17, 15) is 0 Å². The second-order valence-electron chi connectivity index (χ2n) is 9.95. The molecule has 0 radical (unpaired) electrons. The first-order chi connectivity index (χ1) is 17.5. The summed E-state index contributed by atoms with van der Waals surface area (Å²) in [6, 6.07) is 54.6. The maximum Gasteiger partial charge on any atom is 0.144 e. The van der Waals surface area contributed by atoms with Gasteiger partial charge in [-0.25, -0.2) is 0 Å². The molecule has 5 aromatic carbocycles. The van der Waals surface area contributed by atoms with Crippen molar-refractivity contribution < 1.29 is 36.4 Å². The summed E-state index contributed by atoms with van der Waals surface area (Å²) in [5, 5.41) is 5.55. The Morgan fingerprint density at radius 1 is 0.395 bits per heavy atom. The Bertz CT molecular complexity index is 1140. The molecule has 196 valence electrons. The molecule has 0 heterocycles. The molecule has 38 heavy (non-hydrogen) atoms. The summed E-state index contributed by atoms with van der Waals surface area (Å²) in [5.74, 6) is 0. The predicted molar refractivity (Wildman–Crippen MR) is 166 cm³/mol. The second-order valence-corrected chi connectivity index (χ2v) is 18.3. The molecule has 0 aliphatic heterocycles. The van der Waals surface area contributed by atoms with E-state index in [1.165, 1.54) is 32.9 Å². The van der Waals surface area contributed by atoms with Gasteiger partial charge in [0.2, 0.25) is 0 Å². The van der Waals surface area contributed by atoms with Crippen LogP contribution in [0.2, 0.25) is 0 Å². The van der Waals surface area contributed by atoms with Crippen molar-refractivity contribution in [1.29, 1.82) is 0 Å². The summed E-state index contributed by atoms with van der Waals surface area (Å²) >= 11 is 0. The quantitative estimate of drug-likeness (QED) is 0.190. The zero-order valence-electron chi connectivity index (χ0n) is 22.3. The molecule has 0 fully saturated rings. The molecule has 5 rings (SSSR count). The molecule has 0 aliphatic carbocycles. The summed E-state index contributed by atoms with van der Waals surface area (Å²) in [5.41, 5.74) is 1.48. The lowest BCUT2D eigenvalue weighted by Crippen LogP contribution is -3.00. The summed E-state index contributed by atoms with van der Waals surface area (Å²) in [4.78, 5) is 0. The molecule has 0 saturated carbocycles. The fourth-order valence-electron chi connectivity index (χ4n) is 4.63. The van der Waals surface area contributed by atoms with Crippen LogP contribution in [0.5, 0.6) is 0 Å². The molecule has 0 atom stereocenters. The van der Waals surface area contributed by atoms with Crippen LogP contribution in [0.15, 0.2) is 152 Å². The Morgan fingerprint density at radius 3 is 0.868 bits per heavy atom. The minimum atomic E-state index is -1.91. The van der Waals surface area contributed by atoms with Gasteiger partial charge in [-0.2, -0.15) is 0 Å². The highest BCUT2D eigenvalue weighted by Gasteiger charge is 2.47. The molecule has 0 bridgehead atoms. The first kappa shape index (κ1) is 32.2. The number of hydrogen-bond donors (Lipinski definition) is 0. The van der Waals surface area contributed by atoms with Crippen molar-refractivity contribution in [2.45, 2.75) is 6.16 Å². The third-order valence-corrected chi connectivity index (χ3v) is 11.7. The van der Waals surface area contributed by atoms with Crippen LogP contribution < -0.4 is 57.6 Å². The monoisotopic (exact) mass is 668 g/mol. The maximum absolute atomic E-state index is 2.38. The van der Waals surface area contributed by atoms with Crippen LogP contribution >= 0.6 is 14.5 Å². The van der Waals surface area contributed by atoms with E-state index in [1.54, 1.807) is 0 Å². The van der Waals surface area contributed by atoms with E-state index in [0.29, 0.717) is 0 Å². The predicted octanol–water partition coefficient (Wildman–Crippen LogP) is 1.41. The van der Waals surface area contributed by atoms with Crippen LogP contribution in [0.1, 0.15) is 5.56 Å². The molecule has 0 aliphatic rings. The third kappa shape index (κ3) is 8.24. The van der Waals surface area contributed by atoms with Crippen LogP contribution in [-0.4, -0.2) is 20.0 Å². The highest BCUT2D eigenvalue weighted by Crippen LogP contribution is 2.54. The van der Waals surface area contributed by atoms with Crippen LogP contribution in [0, 0.1) is 0 Å². The third-order valence-electron chi connectivity index (χ3n) is 6.07. The molecule has 0 nitrogen and oxygen atoms in total. The summed E-state index contributed by atoms with van der Waals surface area (Å²) in [7, 11) is -2.54. The molecule has 0 spiro atoms. The topological polar surface area (TPSA) is 0 Å². The van der Waals surface area contributed by atoms with E-state index >= 15 is 0 Å². The number of rotatable bonds is 6. The zero-order valence-corrected chi connectivity index (χ0v) is 27.0. The van der Waals surface area contributed by atoms with Gasteiger partial charge in [0.15, 0.2) is 0 Å². The van der Waals surface area contributed by atoms with Crippen LogP contribution in [0.3, 0.4) is 0 Å². The lowest BCUT2D eigenvalue weighted by molar-refractivity contribution is -0.00100. The van der Waals surface area contributed by atoms with Gasteiger partial charge < -0.3 is 36.4 Å². The number of halogens is 2. The van der Waals surface area contributed by atoms with Gasteiger partial charge in [-0.3, -0.25) is 0 Å². The number of benzene rings is 5. The molecule has 5 aromatic rings. The van der Waals surface area contributed by atoms with E-state index in [4.69, 9.17) is 0 Å². The minimum absolute atomic E-state index is 0. The van der Waals surface area contributed by atoms with Crippen molar-refractivity contribution >= 4 is 35.7 Å². The van der Waals surface area contributed by atoms with Crippen LogP contribution in [0.4, 0.5) is 0 Å². The van der Waals surface area contributed by atoms with E-state index in [0.717, 1.165) is 0 Å². The molecular formula is C34H36ClIP2. The van der Waals surface area contributed by atoms with Crippen molar-refractivity contribution in [3.05, 3.63) is 157 Å². The highest BCUT2D eigenvalue weighted by molar-refractivity contribution is 8.01. The smallest absolute Gasteiger partial charge is 0.144 e. The molecule has 0 saturated heterocycles. The lowest BCUT2D eigenvalue weighted by atomic mass is 10.2. The van der Waals surface area contributed by atoms with Crippen LogP contribution in [-0.2, 0) is 6.16 Å². The van der Waals surface area contributed by atoms with Crippen molar-refractivity contribution in [2.24, 2.45) is 0 Å². The summed E-state index contributed by atoms with van der Waals surface area (Å²) in [6.45, 7) is 7.12. The minimum Gasteiger partial charge on any atom is -1.00 e. The average Bonchev–Trinajstić information content (AvgIpc) is 2.92. The molecule has 0 N–H and O–H groups in total. The summed E-state index contributed by atoms with van der Waals surface area (Å²) in [6.07, 6.45) is 1.27. The Hall–Kier alpha value is -2.02. The molecule has 4 heteroatoms. The van der Waals surface area contributed by atoms with Gasteiger partial charge in [0.1, 0.15) is 28.5 Å². The van der Waals surface area contributed by atoms with Gasteiger partial charge in [0, 0.05) is 27.3 Å². The molecular weight excluding hydrogens is 633 g/mol. The van der Waals surface area contributed by atoms with Crippen molar-refractivity contribution in [3.8, 4) is 0 Å². The van der Waals surface area contributed by atoms with Crippen molar-refractivity contribution in [3.63, 3.8) is 0 Å². The van der Waals surface area contributed by atoms with Gasteiger partial charge in [0.25, 0.3) is 0 Å². The Morgan fingerprint density at radius 2 is 0.632 bits per heavy atom. The summed E-state index contributed by atoms with van der Waals surface area (Å²) < 4.78 is 0. The highest BCUT2D eigenvalue weighted by atomic mass is 127. The normalized spacial score (nSPS) is 10.7. The van der Waals surface area contributed by atoms with Crippen molar-refractivity contribution in [1.82, 2.24) is 0 Å². The average molecular weight is 669 g/mol. The SMILES string of the molecule is C[P+](C)(C)Cc1ccccc1.[Cl-].[I-].c1ccc([P+](c2ccccc2)(c2ccccc2)c2ccccc2)cc1. The van der Waals surface area contributed by atoms with E-state index in [2.05, 4.69) is 172 Å². The van der Waals surface area contributed by atoms with Gasteiger partial charge in [-0.15, -0.1) is 0 Å². The molecule has 0 aromatic heterocycles. The second kappa shape index (κ2) is 15.5. The van der Waals surface area contributed by atoms with Gasteiger partial charge in [-0.05, 0) is 54.1 Å². The van der Waals surface area contributed by atoms with Gasteiger partial charge in [-0.1, -0.05) is 103 Å². The van der Waals surface area contributed by atoms with Crippen LogP contribution in [0.25, 0.3) is 0 Å². The Labute approximate surface area is 254 Å². The molecule has 0 amide bonds. The van der Waals surface area contributed by atoms with E-state index in [-0.39, 0.29) is 36.4 Å². The lowest BCUT2D eigenvalue weighted by Gasteiger charge is -2.27. The Kier molecular flexibility index (Phi) is 13.2.